The van der Waals surface area contributed by atoms with Gasteiger partial charge in [-0.3, -0.25) is 0 Å². The van der Waals surface area contributed by atoms with Crippen molar-refractivity contribution in [2.24, 2.45) is 5.92 Å². The lowest BCUT2D eigenvalue weighted by Gasteiger charge is -2.20. The molecule has 1 aliphatic heterocycles. The Bertz CT molecular complexity index is 251. The highest BCUT2D eigenvalue weighted by Crippen LogP contribution is 2.17. The van der Waals surface area contributed by atoms with Crippen LogP contribution in [-0.2, 0) is 9.53 Å². The fourth-order valence-corrected chi connectivity index (χ4v) is 1.93. The molecule has 0 bridgehead atoms. The van der Waals surface area contributed by atoms with Crippen LogP contribution in [0.25, 0.3) is 0 Å². The van der Waals surface area contributed by atoms with E-state index in [1.54, 1.807) is 6.20 Å². The zero-order chi connectivity index (χ0) is 12.0. The van der Waals surface area contributed by atoms with E-state index < -0.39 is 0 Å². The van der Waals surface area contributed by atoms with Gasteiger partial charge in [0.1, 0.15) is 0 Å². The minimum Gasteiger partial charge on any atom is -0.466 e. The maximum Gasteiger partial charge on any atom is 0.331 e. The molecule has 1 heterocycles. The van der Waals surface area contributed by atoms with E-state index in [1.807, 2.05) is 0 Å². The molecule has 0 amide bonds. The van der Waals surface area contributed by atoms with Crippen LogP contribution in [0.2, 0.25) is 0 Å². The summed E-state index contributed by atoms with van der Waals surface area (Å²) in [4.78, 5) is 13.3. The van der Waals surface area contributed by atoms with E-state index in [9.17, 15) is 4.79 Å². The first-order chi connectivity index (χ1) is 7.63. The topological polar surface area (TPSA) is 41.6 Å². The van der Waals surface area contributed by atoms with Crippen molar-refractivity contribution >= 4 is 5.97 Å². The number of nitrogens with zero attached hydrogens (tertiary/aromatic N) is 1. The molecule has 0 aromatic rings. The van der Waals surface area contributed by atoms with Crippen molar-refractivity contribution in [2.45, 2.75) is 26.3 Å². The van der Waals surface area contributed by atoms with Crippen LogP contribution in [0, 0.1) is 5.92 Å². The summed E-state index contributed by atoms with van der Waals surface area (Å²) in [6.07, 6.45) is 4.32. The quantitative estimate of drug-likeness (QED) is 0.561. The van der Waals surface area contributed by atoms with E-state index in [-0.39, 0.29) is 5.97 Å². The van der Waals surface area contributed by atoms with Crippen molar-refractivity contribution in [3.8, 4) is 0 Å². The summed E-state index contributed by atoms with van der Waals surface area (Å²) in [7, 11) is 1.38. The molecule has 0 saturated carbocycles. The highest BCUT2D eigenvalue weighted by Gasteiger charge is 2.23. The summed E-state index contributed by atoms with van der Waals surface area (Å²) in [6, 6.07) is 0.635. The molecular formula is C12H22N2O2. The number of carbonyl (C=O) groups is 1. The minimum absolute atomic E-state index is 0.317. The van der Waals surface area contributed by atoms with E-state index in [0.29, 0.717) is 12.0 Å². The Morgan fingerprint density at radius 2 is 2.38 bits per heavy atom. The van der Waals surface area contributed by atoms with Gasteiger partial charge in [0.2, 0.25) is 0 Å². The molecular weight excluding hydrogens is 204 g/mol. The first kappa shape index (κ1) is 13.0. The van der Waals surface area contributed by atoms with Crippen LogP contribution in [-0.4, -0.2) is 43.7 Å². The van der Waals surface area contributed by atoms with Gasteiger partial charge in [0, 0.05) is 31.4 Å². The molecule has 1 unspecified atom stereocenters. The van der Waals surface area contributed by atoms with Crippen LogP contribution in [0.3, 0.4) is 0 Å². The van der Waals surface area contributed by atoms with E-state index in [0.717, 1.165) is 13.1 Å². The van der Waals surface area contributed by atoms with Gasteiger partial charge in [-0.2, -0.15) is 0 Å². The molecule has 16 heavy (non-hydrogen) atoms. The van der Waals surface area contributed by atoms with E-state index in [2.05, 4.69) is 28.8 Å². The molecule has 1 rings (SSSR count). The average Bonchev–Trinajstić information content (AvgIpc) is 2.72. The van der Waals surface area contributed by atoms with Gasteiger partial charge >= 0.3 is 5.97 Å². The summed E-state index contributed by atoms with van der Waals surface area (Å²) in [5.41, 5.74) is 0. The Kier molecular flexibility index (Phi) is 5.32. The lowest BCUT2D eigenvalue weighted by atomic mass is 10.1. The van der Waals surface area contributed by atoms with Gasteiger partial charge in [-0.05, 0) is 32.7 Å². The number of carbonyl (C=O) groups excluding carboxylic acids is 1. The summed E-state index contributed by atoms with van der Waals surface area (Å²) >= 11 is 0. The Labute approximate surface area is 97.6 Å². The molecule has 0 aromatic carbocycles. The third-order valence-corrected chi connectivity index (χ3v) is 2.99. The maximum absolute atomic E-state index is 10.8. The molecule has 1 aliphatic rings. The maximum atomic E-state index is 10.8. The summed E-state index contributed by atoms with van der Waals surface area (Å²) in [5, 5.41) is 3.14. The number of likely N-dealkylation sites (tertiary alicyclic amines) is 1. The molecule has 0 aliphatic carbocycles. The summed E-state index contributed by atoms with van der Waals surface area (Å²) in [6.45, 7) is 7.72. The Morgan fingerprint density at radius 1 is 1.62 bits per heavy atom. The lowest BCUT2D eigenvalue weighted by Crippen LogP contribution is -2.29. The van der Waals surface area contributed by atoms with Crippen molar-refractivity contribution in [1.29, 1.82) is 0 Å². The molecule has 1 N–H and O–H groups in total. The van der Waals surface area contributed by atoms with Crippen LogP contribution >= 0.6 is 0 Å². The first-order valence-electron chi connectivity index (χ1n) is 5.85. The molecule has 0 aromatic heterocycles. The van der Waals surface area contributed by atoms with E-state index in [1.165, 1.54) is 26.2 Å². The Morgan fingerprint density at radius 3 is 2.94 bits per heavy atom. The lowest BCUT2D eigenvalue weighted by molar-refractivity contribution is -0.134. The second-order valence-corrected chi connectivity index (χ2v) is 4.51. The van der Waals surface area contributed by atoms with Gasteiger partial charge in [0.25, 0.3) is 0 Å². The number of ether oxygens (including phenoxy) is 1. The van der Waals surface area contributed by atoms with Crippen LogP contribution in [0.5, 0.6) is 0 Å². The van der Waals surface area contributed by atoms with Gasteiger partial charge in [-0.25, -0.2) is 4.79 Å². The standard InChI is InChI=1S/C12H22N2O2/c1-10(2)14-7-5-11(9-14)8-13-6-4-12(15)16-3/h4,6,10-11,13H,5,7-9H2,1-3H3/b6-4+. The molecule has 0 radical (unpaired) electrons. The van der Waals surface area contributed by atoms with Gasteiger partial charge in [0.05, 0.1) is 7.11 Å². The SMILES string of the molecule is COC(=O)/C=C/NCC1CCN(C(C)C)C1. The van der Waals surface area contributed by atoms with Crippen LogP contribution < -0.4 is 5.32 Å². The third-order valence-electron chi connectivity index (χ3n) is 2.99. The fraction of sp³-hybridized carbons (Fsp3) is 0.750. The zero-order valence-corrected chi connectivity index (χ0v) is 10.4. The van der Waals surface area contributed by atoms with Crippen molar-refractivity contribution < 1.29 is 9.53 Å². The summed E-state index contributed by atoms with van der Waals surface area (Å²) in [5.74, 6) is 0.368. The van der Waals surface area contributed by atoms with Crippen LogP contribution in [0.15, 0.2) is 12.3 Å². The van der Waals surface area contributed by atoms with Crippen LogP contribution in [0.4, 0.5) is 0 Å². The number of nitrogens with one attached hydrogen (secondary N) is 1. The molecule has 0 spiro atoms. The van der Waals surface area contributed by atoms with E-state index in [4.69, 9.17) is 0 Å². The normalized spacial score (nSPS) is 21.9. The van der Waals surface area contributed by atoms with Crippen molar-refractivity contribution in [3.63, 3.8) is 0 Å². The Balaban J connectivity index is 2.16. The number of hydrogen-bond donors (Lipinski definition) is 1. The predicted octanol–water partition coefficient (Wildman–Crippen LogP) is 0.993. The number of esters is 1. The van der Waals surface area contributed by atoms with Gasteiger partial charge < -0.3 is 15.0 Å². The van der Waals surface area contributed by atoms with Crippen LogP contribution in [0.1, 0.15) is 20.3 Å². The van der Waals surface area contributed by atoms with Gasteiger partial charge in [-0.15, -0.1) is 0 Å². The number of hydrogen-bond acceptors (Lipinski definition) is 4. The fourth-order valence-electron chi connectivity index (χ4n) is 1.93. The smallest absolute Gasteiger partial charge is 0.331 e. The van der Waals surface area contributed by atoms with Crippen molar-refractivity contribution in [3.05, 3.63) is 12.3 Å². The van der Waals surface area contributed by atoms with Crippen molar-refractivity contribution in [2.75, 3.05) is 26.7 Å². The molecule has 4 heteroatoms. The van der Waals surface area contributed by atoms with Gasteiger partial charge in [0.15, 0.2) is 0 Å². The monoisotopic (exact) mass is 226 g/mol. The minimum atomic E-state index is -0.317. The molecule has 92 valence electrons. The Hall–Kier alpha value is -1.03. The summed E-state index contributed by atoms with van der Waals surface area (Å²) < 4.78 is 4.50. The molecule has 1 atom stereocenters. The second kappa shape index (κ2) is 6.53. The zero-order valence-electron chi connectivity index (χ0n) is 10.4. The molecule has 1 fully saturated rings. The molecule has 1 saturated heterocycles. The van der Waals surface area contributed by atoms with Crippen molar-refractivity contribution in [1.82, 2.24) is 10.2 Å². The largest absolute Gasteiger partial charge is 0.466 e. The van der Waals surface area contributed by atoms with E-state index >= 15 is 0 Å². The molecule has 4 nitrogen and oxygen atoms in total. The third kappa shape index (κ3) is 4.23. The second-order valence-electron chi connectivity index (χ2n) is 4.51. The number of methoxy groups -OCH3 is 1. The predicted molar refractivity (Wildman–Crippen MR) is 64.0 cm³/mol. The van der Waals surface area contributed by atoms with Gasteiger partial charge in [-0.1, -0.05) is 0 Å². The number of rotatable bonds is 5. The average molecular weight is 226 g/mol. The highest BCUT2D eigenvalue weighted by molar-refractivity contribution is 5.81. The highest BCUT2D eigenvalue weighted by atomic mass is 16.5. The first-order valence-corrected chi connectivity index (χ1v) is 5.85.